The van der Waals surface area contributed by atoms with E-state index in [4.69, 9.17) is 11.6 Å². The summed E-state index contributed by atoms with van der Waals surface area (Å²) in [4.78, 5) is 2.58. The van der Waals surface area contributed by atoms with Gasteiger partial charge in [0.15, 0.2) is 0 Å². The highest BCUT2D eigenvalue weighted by Gasteiger charge is 2.30. The molecule has 1 aromatic carbocycles. The second-order valence-electron chi connectivity index (χ2n) is 6.59. The molecule has 112 valence electrons. The van der Waals surface area contributed by atoms with Crippen molar-refractivity contribution in [2.75, 3.05) is 11.4 Å². The maximum Gasteiger partial charge on any atom is 0.0415 e. The normalized spacial score (nSPS) is 15.2. The van der Waals surface area contributed by atoms with Crippen molar-refractivity contribution < 1.29 is 0 Å². The van der Waals surface area contributed by atoms with Crippen molar-refractivity contribution >= 4 is 17.3 Å². The van der Waals surface area contributed by atoms with E-state index in [1.807, 2.05) is 6.07 Å². The van der Waals surface area contributed by atoms with Crippen LogP contribution in [0.1, 0.15) is 46.1 Å². The fraction of sp³-hybridized carbons (Fsp3) is 0.647. The largest absolute Gasteiger partial charge is 0.368 e. The lowest BCUT2D eigenvalue weighted by atomic mass is 10.1. The zero-order chi connectivity index (χ0) is 14.7. The van der Waals surface area contributed by atoms with Crippen molar-refractivity contribution in [1.82, 2.24) is 5.32 Å². The summed E-state index contributed by atoms with van der Waals surface area (Å²) in [7, 11) is 0. The summed E-state index contributed by atoms with van der Waals surface area (Å²) in [6.07, 6.45) is 2.65. The van der Waals surface area contributed by atoms with Gasteiger partial charge in [-0.05, 0) is 42.5 Å². The topological polar surface area (TPSA) is 15.3 Å². The molecule has 0 unspecified atom stereocenters. The van der Waals surface area contributed by atoms with Crippen LogP contribution in [0.3, 0.4) is 0 Å². The average molecular weight is 295 g/mol. The van der Waals surface area contributed by atoms with Crippen LogP contribution in [0.25, 0.3) is 0 Å². The maximum absolute atomic E-state index is 6.19. The quantitative estimate of drug-likeness (QED) is 0.798. The van der Waals surface area contributed by atoms with Crippen molar-refractivity contribution in [1.29, 1.82) is 0 Å². The van der Waals surface area contributed by atoms with E-state index >= 15 is 0 Å². The first kappa shape index (κ1) is 15.7. The number of benzene rings is 1. The van der Waals surface area contributed by atoms with Crippen LogP contribution in [-0.2, 0) is 6.54 Å². The molecule has 20 heavy (non-hydrogen) atoms. The molecular formula is C17H27ClN2. The third-order valence-corrected chi connectivity index (χ3v) is 3.84. The SMILES string of the molecule is CC(C)CN(c1ccc(Cl)cc1CNC(C)C)C1CC1. The van der Waals surface area contributed by atoms with Crippen LogP contribution in [0.2, 0.25) is 5.02 Å². The fourth-order valence-electron chi connectivity index (χ4n) is 2.51. The maximum atomic E-state index is 6.19. The predicted molar refractivity (Wildman–Crippen MR) is 88.6 cm³/mol. The molecule has 0 bridgehead atoms. The van der Waals surface area contributed by atoms with E-state index in [1.165, 1.54) is 24.1 Å². The molecule has 2 nitrogen and oxygen atoms in total. The van der Waals surface area contributed by atoms with Crippen molar-refractivity contribution in [3.05, 3.63) is 28.8 Å². The van der Waals surface area contributed by atoms with Gasteiger partial charge in [-0.1, -0.05) is 39.3 Å². The van der Waals surface area contributed by atoms with E-state index in [9.17, 15) is 0 Å². The van der Waals surface area contributed by atoms with Crippen LogP contribution >= 0.6 is 11.6 Å². The molecule has 0 heterocycles. The number of hydrogen-bond acceptors (Lipinski definition) is 2. The molecule has 0 atom stereocenters. The zero-order valence-electron chi connectivity index (χ0n) is 13.1. The van der Waals surface area contributed by atoms with Crippen LogP contribution < -0.4 is 10.2 Å². The number of nitrogens with zero attached hydrogens (tertiary/aromatic N) is 1. The van der Waals surface area contributed by atoms with E-state index in [-0.39, 0.29) is 0 Å². The molecule has 3 heteroatoms. The third-order valence-electron chi connectivity index (χ3n) is 3.60. The highest BCUT2D eigenvalue weighted by atomic mass is 35.5. The molecule has 1 aliphatic rings. The second kappa shape index (κ2) is 6.82. The summed E-state index contributed by atoms with van der Waals surface area (Å²) in [6.45, 7) is 10.9. The Balaban J connectivity index is 2.22. The Morgan fingerprint density at radius 2 is 1.95 bits per heavy atom. The smallest absolute Gasteiger partial charge is 0.0415 e. The Labute approximate surface area is 128 Å². The Hall–Kier alpha value is -0.730. The van der Waals surface area contributed by atoms with Crippen molar-refractivity contribution in [3.63, 3.8) is 0 Å². The average Bonchev–Trinajstić information content (AvgIpc) is 3.18. The lowest BCUT2D eigenvalue weighted by Gasteiger charge is -2.29. The van der Waals surface area contributed by atoms with Gasteiger partial charge in [0.25, 0.3) is 0 Å². The van der Waals surface area contributed by atoms with Crippen LogP contribution in [0, 0.1) is 5.92 Å². The minimum Gasteiger partial charge on any atom is -0.368 e. The molecule has 1 fully saturated rings. The van der Waals surface area contributed by atoms with Crippen LogP contribution in [0.5, 0.6) is 0 Å². The van der Waals surface area contributed by atoms with Crippen molar-refractivity contribution in [2.45, 2.75) is 59.2 Å². The van der Waals surface area contributed by atoms with Gasteiger partial charge >= 0.3 is 0 Å². The number of nitrogens with one attached hydrogen (secondary N) is 1. The van der Waals surface area contributed by atoms with Gasteiger partial charge in [0.05, 0.1) is 0 Å². The first-order chi connectivity index (χ1) is 9.47. The van der Waals surface area contributed by atoms with E-state index in [1.54, 1.807) is 0 Å². The standard InChI is InChI=1S/C17H27ClN2/c1-12(2)11-20(16-6-7-16)17-8-5-15(18)9-14(17)10-19-13(3)4/h5,8-9,12-13,16,19H,6-7,10-11H2,1-4H3. The predicted octanol–water partition coefficient (Wildman–Crippen LogP) is 4.46. The molecule has 1 aromatic rings. The lowest BCUT2D eigenvalue weighted by Crippen LogP contribution is -2.32. The highest BCUT2D eigenvalue weighted by Crippen LogP contribution is 2.35. The van der Waals surface area contributed by atoms with Gasteiger partial charge in [-0.25, -0.2) is 0 Å². The van der Waals surface area contributed by atoms with Crippen LogP contribution in [-0.4, -0.2) is 18.6 Å². The highest BCUT2D eigenvalue weighted by molar-refractivity contribution is 6.30. The van der Waals surface area contributed by atoms with Crippen LogP contribution in [0.4, 0.5) is 5.69 Å². The molecule has 1 aliphatic carbocycles. The van der Waals surface area contributed by atoms with E-state index in [2.05, 4.69) is 50.0 Å². The molecule has 0 aromatic heterocycles. The van der Waals surface area contributed by atoms with Gasteiger partial charge in [-0.15, -0.1) is 0 Å². The van der Waals surface area contributed by atoms with E-state index in [0.717, 1.165) is 24.2 Å². The molecule has 1 saturated carbocycles. The summed E-state index contributed by atoms with van der Waals surface area (Å²) in [5, 5.41) is 4.34. The lowest BCUT2D eigenvalue weighted by molar-refractivity contribution is 0.580. The molecule has 0 radical (unpaired) electrons. The summed E-state index contributed by atoms with van der Waals surface area (Å²) in [5.41, 5.74) is 2.68. The van der Waals surface area contributed by atoms with Gasteiger partial charge in [0, 0.05) is 35.9 Å². The summed E-state index contributed by atoms with van der Waals surface area (Å²) >= 11 is 6.19. The number of hydrogen-bond donors (Lipinski definition) is 1. The molecule has 1 N–H and O–H groups in total. The Morgan fingerprint density at radius 3 is 2.50 bits per heavy atom. The molecule has 0 spiro atoms. The van der Waals surface area contributed by atoms with Crippen molar-refractivity contribution in [2.24, 2.45) is 5.92 Å². The van der Waals surface area contributed by atoms with Gasteiger partial charge in [-0.2, -0.15) is 0 Å². The monoisotopic (exact) mass is 294 g/mol. The van der Waals surface area contributed by atoms with Gasteiger partial charge in [0.1, 0.15) is 0 Å². The number of halogens is 1. The summed E-state index contributed by atoms with van der Waals surface area (Å²) in [5.74, 6) is 0.678. The zero-order valence-corrected chi connectivity index (χ0v) is 13.9. The van der Waals surface area contributed by atoms with E-state index < -0.39 is 0 Å². The van der Waals surface area contributed by atoms with Gasteiger partial charge in [-0.3, -0.25) is 0 Å². The minimum atomic E-state index is 0.487. The Bertz CT molecular complexity index is 439. The van der Waals surface area contributed by atoms with Crippen LogP contribution in [0.15, 0.2) is 18.2 Å². The Kier molecular flexibility index (Phi) is 5.34. The van der Waals surface area contributed by atoms with Gasteiger partial charge in [0.2, 0.25) is 0 Å². The molecule has 2 rings (SSSR count). The fourth-order valence-corrected chi connectivity index (χ4v) is 2.71. The molecule has 0 amide bonds. The summed E-state index contributed by atoms with van der Waals surface area (Å²) in [6, 6.07) is 7.55. The number of anilines is 1. The first-order valence-corrected chi connectivity index (χ1v) is 8.13. The number of rotatable bonds is 7. The Morgan fingerprint density at radius 1 is 1.25 bits per heavy atom. The first-order valence-electron chi connectivity index (χ1n) is 7.75. The third kappa shape index (κ3) is 4.39. The van der Waals surface area contributed by atoms with Crippen molar-refractivity contribution in [3.8, 4) is 0 Å². The minimum absolute atomic E-state index is 0.487. The molecule has 0 saturated heterocycles. The van der Waals surface area contributed by atoms with Gasteiger partial charge < -0.3 is 10.2 Å². The van der Waals surface area contributed by atoms with E-state index in [0.29, 0.717) is 12.0 Å². The summed E-state index contributed by atoms with van der Waals surface area (Å²) < 4.78 is 0. The second-order valence-corrected chi connectivity index (χ2v) is 7.02. The molecule has 0 aliphatic heterocycles. The molecular weight excluding hydrogens is 268 g/mol.